The Morgan fingerprint density at radius 2 is 1.76 bits per heavy atom. The zero-order chi connectivity index (χ0) is 12.4. The molecule has 0 bridgehead atoms. The van der Waals surface area contributed by atoms with E-state index in [0.29, 0.717) is 5.57 Å². The maximum Gasteiger partial charge on any atom is 0.253 e. The Kier molecular flexibility index (Phi) is 2.96. The van der Waals surface area contributed by atoms with Crippen molar-refractivity contribution in [3.05, 3.63) is 54.6 Å². The Morgan fingerprint density at radius 1 is 1.12 bits per heavy atom. The van der Waals surface area contributed by atoms with E-state index >= 15 is 0 Å². The van der Waals surface area contributed by atoms with Gasteiger partial charge in [-0.15, -0.1) is 0 Å². The first-order valence-electron chi connectivity index (χ1n) is 5.52. The highest BCUT2D eigenvalue weighted by Crippen LogP contribution is 2.26. The molecule has 0 saturated heterocycles. The lowest BCUT2D eigenvalue weighted by molar-refractivity contribution is -0.114. The van der Waals surface area contributed by atoms with Gasteiger partial charge in [-0.1, -0.05) is 43.0 Å². The van der Waals surface area contributed by atoms with E-state index in [-0.39, 0.29) is 5.91 Å². The van der Waals surface area contributed by atoms with E-state index in [4.69, 9.17) is 0 Å². The van der Waals surface area contributed by atoms with Gasteiger partial charge in [0.05, 0.1) is 5.69 Å². The number of rotatable bonds is 2. The Labute approximate surface area is 101 Å². The molecule has 0 fully saturated rings. The molecule has 0 atom stereocenters. The van der Waals surface area contributed by atoms with Gasteiger partial charge in [0.15, 0.2) is 0 Å². The molecule has 0 radical (unpaired) electrons. The molecule has 0 aromatic heterocycles. The topological polar surface area (TPSA) is 20.3 Å². The van der Waals surface area contributed by atoms with Crippen molar-refractivity contribution in [1.82, 2.24) is 0 Å². The fourth-order valence-electron chi connectivity index (χ4n) is 1.90. The van der Waals surface area contributed by atoms with Crippen LogP contribution in [0.5, 0.6) is 0 Å². The normalized spacial score (nSPS) is 10.2. The van der Waals surface area contributed by atoms with Crippen LogP contribution in [-0.4, -0.2) is 13.0 Å². The van der Waals surface area contributed by atoms with Crippen molar-refractivity contribution in [3.8, 4) is 0 Å². The van der Waals surface area contributed by atoms with Gasteiger partial charge in [-0.25, -0.2) is 0 Å². The van der Waals surface area contributed by atoms with E-state index in [2.05, 4.69) is 6.58 Å². The zero-order valence-electron chi connectivity index (χ0n) is 10.1. The van der Waals surface area contributed by atoms with Crippen molar-refractivity contribution in [1.29, 1.82) is 0 Å². The molecule has 0 saturated carbocycles. The fourth-order valence-corrected chi connectivity index (χ4v) is 1.90. The average molecular weight is 225 g/mol. The van der Waals surface area contributed by atoms with Gasteiger partial charge in [0.1, 0.15) is 0 Å². The van der Waals surface area contributed by atoms with Gasteiger partial charge in [-0.3, -0.25) is 4.79 Å². The first-order valence-corrected chi connectivity index (χ1v) is 5.52. The van der Waals surface area contributed by atoms with Gasteiger partial charge in [-0.05, 0) is 18.4 Å². The molecule has 1 amide bonds. The third-order valence-corrected chi connectivity index (χ3v) is 2.80. The lowest BCUT2D eigenvalue weighted by atomic mass is 10.1. The number of carbonyl (C=O) groups is 1. The van der Waals surface area contributed by atoms with Crippen molar-refractivity contribution in [2.24, 2.45) is 0 Å². The summed E-state index contributed by atoms with van der Waals surface area (Å²) in [5.74, 6) is -0.0543. The Balaban J connectivity index is 2.56. The van der Waals surface area contributed by atoms with Crippen LogP contribution in [0.25, 0.3) is 10.8 Å². The molecule has 17 heavy (non-hydrogen) atoms. The van der Waals surface area contributed by atoms with Gasteiger partial charge in [-0.2, -0.15) is 0 Å². The summed E-state index contributed by atoms with van der Waals surface area (Å²) in [6.45, 7) is 5.42. The van der Waals surface area contributed by atoms with Gasteiger partial charge < -0.3 is 4.90 Å². The number of nitrogens with zero attached hydrogens (tertiary/aromatic N) is 1. The summed E-state index contributed by atoms with van der Waals surface area (Å²) >= 11 is 0. The largest absolute Gasteiger partial charge is 0.311 e. The van der Waals surface area contributed by atoms with Crippen LogP contribution in [-0.2, 0) is 4.79 Å². The molecule has 2 aromatic carbocycles. The standard InChI is InChI=1S/C15H15NO/c1-11(2)15(17)16(3)14-10-6-8-12-7-4-5-9-13(12)14/h4-10H,1H2,2-3H3. The molecule has 0 heterocycles. The fraction of sp³-hybridized carbons (Fsp3) is 0.133. The monoisotopic (exact) mass is 225 g/mol. The minimum absolute atomic E-state index is 0.0543. The second kappa shape index (κ2) is 4.42. The van der Waals surface area contributed by atoms with Gasteiger partial charge in [0, 0.05) is 18.0 Å². The summed E-state index contributed by atoms with van der Waals surface area (Å²) < 4.78 is 0. The minimum Gasteiger partial charge on any atom is -0.311 e. The van der Waals surface area contributed by atoms with Crippen LogP contribution in [0.1, 0.15) is 6.92 Å². The molecule has 0 aliphatic carbocycles. The summed E-state index contributed by atoms with van der Waals surface area (Å²) in [6, 6.07) is 14.0. The molecule has 2 heteroatoms. The van der Waals surface area contributed by atoms with Crippen molar-refractivity contribution < 1.29 is 4.79 Å². The van der Waals surface area contributed by atoms with Crippen molar-refractivity contribution >= 4 is 22.4 Å². The number of carbonyl (C=O) groups excluding carboxylic acids is 1. The quantitative estimate of drug-likeness (QED) is 0.717. The number of amides is 1. The van der Waals surface area contributed by atoms with E-state index < -0.39 is 0 Å². The predicted molar refractivity (Wildman–Crippen MR) is 72.2 cm³/mol. The second-order valence-electron chi connectivity index (χ2n) is 4.14. The van der Waals surface area contributed by atoms with Crippen molar-refractivity contribution in [3.63, 3.8) is 0 Å². The number of hydrogen-bond acceptors (Lipinski definition) is 1. The van der Waals surface area contributed by atoms with Crippen LogP contribution in [0, 0.1) is 0 Å². The minimum atomic E-state index is -0.0543. The Hall–Kier alpha value is -2.09. The van der Waals surface area contributed by atoms with Gasteiger partial charge in [0.2, 0.25) is 0 Å². The first kappa shape index (κ1) is 11.4. The van der Waals surface area contributed by atoms with Gasteiger partial charge >= 0.3 is 0 Å². The summed E-state index contributed by atoms with van der Waals surface area (Å²) in [5, 5.41) is 2.21. The van der Waals surface area contributed by atoms with Gasteiger partial charge in [0.25, 0.3) is 5.91 Å². The van der Waals surface area contributed by atoms with E-state index in [0.717, 1.165) is 16.5 Å². The molecule has 0 aliphatic rings. The summed E-state index contributed by atoms with van der Waals surface area (Å²) in [5.41, 5.74) is 1.46. The van der Waals surface area contributed by atoms with Crippen LogP contribution in [0.3, 0.4) is 0 Å². The third-order valence-electron chi connectivity index (χ3n) is 2.80. The van der Waals surface area contributed by atoms with E-state index in [9.17, 15) is 4.79 Å². The molecule has 0 spiro atoms. The van der Waals surface area contributed by atoms with E-state index in [1.54, 1.807) is 18.9 Å². The molecule has 2 nitrogen and oxygen atoms in total. The second-order valence-corrected chi connectivity index (χ2v) is 4.14. The Morgan fingerprint density at radius 3 is 2.47 bits per heavy atom. The highest BCUT2D eigenvalue weighted by Gasteiger charge is 2.13. The molecule has 2 aromatic rings. The lowest BCUT2D eigenvalue weighted by Gasteiger charge is -2.19. The number of hydrogen-bond donors (Lipinski definition) is 0. The lowest BCUT2D eigenvalue weighted by Crippen LogP contribution is -2.26. The van der Waals surface area contributed by atoms with Crippen LogP contribution in [0.15, 0.2) is 54.6 Å². The molecular formula is C15H15NO. The van der Waals surface area contributed by atoms with Crippen molar-refractivity contribution in [2.45, 2.75) is 6.92 Å². The number of anilines is 1. The molecule has 2 rings (SSSR count). The number of fused-ring (bicyclic) bond motifs is 1. The first-order chi connectivity index (χ1) is 8.11. The predicted octanol–water partition coefficient (Wildman–Crippen LogP) is 3.38. The SMILES string of the molecule is C=C(C)C(=O)N(C)c1cccc2ccccc12. The number of benzene rings is 2. The van der Waals surface area contributed by atoms with Crippen LogP contribution >= 0.6 is 0 Å². The Bertz CT molecular complexity index is 581. The number of likely N-dealkylation sites (N-methyl/N-ethyl adjacent to an activating group) is 1. The highest BCUT2D eigenvalue weighted by molar-refractivity contribution is 6.09. The smallest absolute Gasteiger partial charge is 0.253 e. The molecule has 0 N–H and O–H groups in total. The molecular weight excluding hydrogens is 210 g/mol. The maximum absolute atomic E-state index is 11.9. The molecule has 0 unspecified atom stereocenters. The summed E-state index contributed by atoms with van der Waals surface area (Å²) in [4.78, 5) is 13.6. The zero-order valence-corrected chi connectivity index (χ0v) is 10.1. The van der Waals surface area contributed by atoms with Crippen LogP contribution < -0.4 is 4.90 Å². The molecule has 86 valence electrons. The van der Waals surface area contributed by atoms with E-state index in [1.807, 2.05) is 42.5 Å². The van der Waals surface area contributed by atoms with Crippen molar-refractivity contribution in [2.75, 3.05) is 11.9 Å². The summed E-state index contributed by atoms with van der Waals surface area (Å²) in [7, 11) is 1.78. The third kappa shape index (κ3) is 2.07. The highest BCUT2D eigenvalue weighted by atomic mass is 16.2. The van der Waals surface area contributed by atoms with E-state index in [1.165, 1.54) is 0 Å². The maximum atomic E-state index is 11.9. The average Bonchev–Trinajstić information content (AvgIpc) is 2.36. The van der Waals surface area contributed by atoms with Crippen LogP contribution in [0.2, 0.25) is 0 Å². The van der Waals surface area contributed by atoms with Crippen LogP contribution in [0.4, 0.5) is 5.69 Å². The molecule has 0 aliphatic heterocycles. The summed E-state index contributed by atoms with van der Waals surface area (Å²) in [6.07, 6.45) is 0.